The van der Waals surface area contributed by atoms with Crippen molar-refractivity contribution in [3.05, 3.63) is 46.1 Å². The SMILES string of the molecule is CCNc1ncn(-c2c(C)cccc2C)c(=O)n1.Cl. The first-order valence-corrected chi connectivity index (χ1v) is 5.89. The minimum absolute atomic E-state index is 0. The van der Waals surface area contributed by atoms with Crippen LogP contribution in [0.3, 0.4) is 0 Å². The zero-order valence-electron chi connectivity index (χ0n) is 11.2. The van der Waals surface area contributed by atoms with E-state index in [0.717, 1.165) is 16.8 Å². The van der Waals surface area contributed by atoms with Crippen molar-refractivity contribution >= 4 is 18.4 Å². The molecule has 0 aliphatic carbocycles. The average molecular weight is 281 g/mol. The summed E-state index contributed by atoms with van der Waals surface area (Å²) >= 11 is 0. The van der Waals surface area contributed by atoms with E-state index >= 15 is 0 Å². The van der Waals surface area contributed by atoms with Gasteiger partial charge in [-0.3, -0.25) is 4.57 Å². The number of halogens is 1. The number of anilines is 1. The molecule has 0 fully saturated rings. The number of aryl methyl sites for hydroxylation is 2. The Morgan fingerprint density at radius 2 is 1.89 bits per heavy atom. The van der Waals surface area contributed by atoms with Gasteiger partial charge >= 0.3 is 5.69 Å². The maximum atomic E-state index is 12.0. The maximum Gasteiger partial charge on any atom is 0.356 e. The van der Waals surface area contributed by atoms with Crippen LogP contribution in [-0.2, 0) is 0 Å². The zero-order valence-corrected chi connectivity index (χ0v) is 12.0. The number of nitrogens with zero attached hydrogens (tertiary/aromatic N) is 3. The molecule has 0 saturated carbocycles. The van der Waals surface area contributed by atoms with Crippen LogP contribution in [0.5, 0.6) is 0 Å². The number of rotatable bonds is 3. The number of hydrogen-bond donors (Lipinski definition) is 1. The van der Waals surface area contributed by atoms with Gasteiger partial charge in [0.15, 0.2) is 0 Å². The van der Waals surface area contributed by atoms with E-state index in [4.69, 9.17) is 0 Å². The molecule has 0 amide bonds. The number of hydrogen-bond acceptors (Lipinski definition) is 4. The van der Waals surface area contributed by atoms with Crippen LogP contribution in [-0.4, -0.2) is 21.1 Å². The van der Waals surface area contributed by atoms with Crippen molar-refractivity contribution in [3.8, 4) is 5.69 Å². The van der Waals surface area contributed by atoms with Crippen LogP contribution in [0, 0.1) is 13.8 Å². The number of benzene rings is 1. The Kier molecular flexibility index (Phi) is 5.06. The lowest BCUT2D eigenvalue weighted by atomic mass is 10.1. The third-order valence-electron chi connectivity index (χ3n) is 2.72. The Morgan fingerprint density at radius 3 is 2.42 bits per heavy atom. The Morgan fingerprint density at radius 1 is 1.26 bits per heavy atom. The first-order chi connectivity index (χ1) is 8.63. The van der Waals surface area contributed by atoms with Gasteiger partial charge in [0.2, 0.25) is 5.95 Å². The molecule has 5 nitrogen and oxygen atoms in total. The van der Waals surface area contributed by atoms with E-state index in [-0.39, 0.29) is 18.1 Å². The lowest BCUT2D eigenvalue weighted by molar-refractivity contribution is 0.847. The fourth-order valence-electron chi connectivity index (χ4n) is 1.92. The Bertz CT molecular complexity index is 604. The smallest absolute Gasteiger partial charge is 0.354 e. The lowest BCUT2D eigenvalue weighted by Crippen LogP contribution is -2.24. The summed E-state index contributed by atoms with van der Waals surface area (Å²) in [5.41, 5.74) is 2.58. The van der Waals surface area contributed by atoms with Gasteiger partial charge in [-0.25, -0.2) is 9.78 Å². The van der Waals surface area contributed by atoms with Gasteiger partial charge in [-0.1, -0.05) is 18.2 Å². The molecule has 0 aliphatic heterocycles. The molecule has 0 saturated heterocycles. The minimum atomic E-state index is -0.321. The first-order valence-electron chi connectivity index (χ1n) is 5.89. The molecule has 0 spiro atoms. The third-order valence-corrected chi connectivity index (χ3v) is 2.72. The highest BCUT2D eigenvalue weighted by Gasteiger charge is 2.08. The first kappa shape index (κ1) is 15.2. The molecule has 0 unspecified atom stereocenters. The van der Waals surface area contributed by atoms with Crippen molar-refractivity contribution in [3.63, 3.8) is 0 Å². The van der Waals surface area contributed by atoms with Crippen molar-refractivity contribution in [2.45, 2.75) is 20.8 Å². The second-order valence-corrected chi connectivity index (χ2v) is 4.10. The van der Waals surface area contributed by atoms with Gasteiger partial charge in [0, 0.05) is 6.54 Å². The van der Waals surface area contributed by atoms with Crippen LogP contribution in [0.25, 0.3) is 5.69 Å². The van der Waals surface area contributed by atoms with E-state index in [1.54, 1.807) is 0 Å². The van der Waals surface area contributed by atoms with Crippen LogP contribution in [0.2, 0.25) is 0 Å². The molecule has 6 heteroatoms. The Hall–Kier alpha value is -1.88. The van der Waals surface area contributed by atoms with Crippen LogP contribution < -0.4 is 11.0 Å². The molecule has 102 valence electrons. The maximum absolute atomic E-state index is 12.0. The summed E-state index contributed by atoms with van der Waals surface area (Å²) in [6, 6.07) is 5.90. The monoisotopic (exact) mass is 280 g/mol. The standard InChI is InChI=1S/C13H16N4O.ClH/c1-4-14-12-15-8-17(13(18)16-12)11-9(2)6-5-7-10(11)3;/h5-8H,4H2,1-3H3,(H,14,16,18);1H. The Labute approximate surface area is 118 Å². The van der Waals surface area contributed by atoms with Gasteiger partial charge in [0.1, 0.15) is 6.33 Å². The van der Waals surface area contributed by atoms with Crippen LogP contribution in [0.4, 0.5) is 5.95 Å². The summed E-state index contributed by atoms with van der Waals surface area (Å²) in [5.74, 6) is 0.366. The second-order valence-electron chi connectivity index (χ2n) is 4.10. The molecule has 1 aromatic heterocycles. The van der Waals surface area contributed by atoms with E-state index in [1.807, 2.05) is 39.0 Å². The Balaban J connectivity index is 0.00000180. The topological polar surface area (TPSA) is 59.8 Å². The molecule has 1 N–H and O–H groups in total. The summed E-state index contributed by atoms with van der Waals surface area (Å²) in [7, 11) is 0. The van der Waals surface area contributed by atoms with Gasteiger partial charge in [-0.05, 0) is 31.9 Å². The molecule has 0 aliphatic rings. The molecule has 0 radical (unpaired) electrons. The summed E-state index contributed by atoms with van der Waals surface area (Å²) in [4.78, 5) is 20.0. The van der Waals surface area contributed by atoms with Crippen molar-refractivity contribution in [2.75, 3.05) is 11.9 Å². The van der Waals surface area contributed by atoms with E-state index in [2.05, 4.69) is 15.3 Å². The van der Waals surface area contributed by atoms with E-state index in [9.17, 15) is 4.79 Å². The van der Waals surface area contributed by atoms with Crippen molar-refractivity contribution < 1.29 is 0 Å². The quantitative estimate of drug-likeness (QED) is 0.935. The number of nitrogens with one attached hydrogen (secondary N) is 1. The highest BCUT2D eigenvalue weighted by molar-refractivity contribution is 5.85. The molecule has 2 aromatic rings. The van der Waals surface area contributed by atoms with Crippen LogP contribution in [0.15, 0.2) is 29.3 Å². The normalized spacial score (nSPS) is 9.84. The fraction of sp³-hybridized carbons (Fsp3) is 0.308. The summed E-state index contributed by atoms with van der Waals surface area (Å²) in [6.07, 6.45) is 1.52. The van der Waals surface area contributed by atoms with Crippen molar-refractivity contribution in [1.29, 1.82) is 0 Å². The molecule has 0 atom stereocenters. The highest BCUT2D eigenvalue weighted by atomic mass is 35.5. The third kappa shape index (κ3) is 3.12. The minimum Gasteiger partial charge on any atom is -0.354 e. The largest absolute Gasteiger partial charge is 0.356 e. The predicted molar refractivity (Wildman–Crippen MR) is 78.5 cm³/mol. The van der Waals surface area contributed by atoms with E-state index < -0.39 is 0 Å². The molecule has 19 heavy (non-hydrogen) atoms. The number of aromatic nitrogens is 3. The van der Waals surface area contributed by atoms with E-state index in [1.165, 1.54) is 10.9 Å². The van der Waals surface area contributed by atoms with Gasteiger partial charge in [-0.15, -0.1) is 12.4 Å². The molecule has 2 rings (SSSR count). The van der Waals surface area contributed by atoms with Crippen molar-refractivity contribution in [2.24, 2.45) is 0 Å². The average Bonchev–Trinajstić information content (AvgIpc) is 2.32. The number of para-hydroxylation sites is 1. The molecule has 0 bridgehead atoms. The molecule has 1 heterocycles. The predicted octanol–water partition coefficient (Wildman–Crippen LogP) is 2.10. The van der Waals surface area contributed by atoms with Crippen LogP contribution >= 0.6 is 12.4 Å². The summed E-state index contributed by atoms with van der Waals surface area (Å²) in [6.45, 7) is 6.55. The second kappa shape index (κ2) is 6.33. The van der Waals surface area contributed by atoms with Gasteiger partial charge in [0.05, 0.1) is 5.69 Å². The summed E-state index contributed by atoms with van der Waals surface area (Å²) in [5, 5.41) is 2.92. The highest BCUT2D eigenvalue weighted by Crippen LogP contribution is 2.16. The fourth-order valence-corrected chi connectivity index (χ4v) is 1.92. The van der Waals surface area contributed by atoms with Gasteiger partial charge < -0.3 is 5.32 Å². The molecular formula is C13H17ClN4O. The van der Waals surface area contributed by atoms with Crippen LogP contribution in [0.1, 0.15) is 18.1 Å². The molecular weight excluding hydrogens is 264 g/mol. The van der Waals surface area contributed by atoms with Crippen molar-refractivity contribution in [1.82, 2.24) is 14.5 Å². The van der Waals surface area contributed by atoms with E-state index in [0.29, 0.717) is 12.5 Å². The molecule has 1 aromatic carbocycles. The van der Waals surface area contributed by atoms with Gasteiger partial charge in [-0.2, -0.15) is 4.98 Å². The van der Waals surface area contributed by atoms with Gasteiger partial charge in [0.25, 0.3) is 0 Å². The summed E-state index contributed by atoms with van der Waals surface area (Å²) < 4.78 is 1.48. The zero-order chi connectivity index (χ0) is 13.1. The lowest BCUT2D eigenvalue weighted by Gasteiger charge is -2.11.